The molecule has 172 valence electrons. The highest BCUT2D eigenvalue weighted by atomic mass is 28.4. The third-order valence-electron chi connectivity index (χ3n) is 6.10. The second-order valence-electron chi connectivity index (χ2n) is 9.46. The molecule has 0 spiro atoms. The first-order valence-electron chi connectivity index (χ1n) is 11.6. The first-order chi connectivity index (χ1) is 16.4. The molecule has 4 aromatic rings. The van der Waals surface area contributed by atoms with Gasteiger partial charge in [0.1, 0.15) is 5.75 Å². The highest BCUT2D eigenvalue weighted by molar-refractivity contribution is 7.00. The van der Waals surface area contributed by atoms with Crippen LogP contribution in [0.15, 0.2) is 115 Å². The summed E-state index contributed by atoms with van der Waals surface area (Å²) in [5.41, 5.74) is 1.69. The molecule has 0 bridgehead atoms. The fourth-order valence-electron chi connectivity index (χ4n) is 4.38. The zero-order valence-corrected chi connectivity index (χ0v) is 21.0. The molecule has 4 aromatic carbocycles. The lowest BCUT2D eigenvalue weighted by molar-refractivity contribution is 0.0951. The number of carbonyl (C=O) groups excluding carboxylic acids is 1. The van der Waals surface area contributed by atoms with Gasteiger partial charge >= 0.3 is 8.32 Å². The first kappa shape index (κ1) is 23.5. The highest BCUT2D eigenvalue weighted by Crippen LogP contribution is 2.37. The van der Waals surface area contributed by atoms with Crippen molar-refractivity contribution >= 4 is 24.6 Å². The van der Waals surface area contributed by atoms with E-state index in [-0.39, 0.29) is 10.9 Å². The predicted molar refractivity (Wildman–Crippen MR) is 142 cm³/mol. The van der Waals surface area contributed by atoms with Gasteiger partial charge in [0.2, 0.25) is 0 Å². The van der Waals surface area contributed by atoms with Crippen molar-refractivity contribution in [2.75, 3.05) is 0 Å². The molecular formula is C30H31NO2Si. The Kier molecular flexibility index (Phi) is 6.99. The molecule has 0 aliphatic carbocycles. The number of amides is 1. The van der Waals surface area contributed by atoms with Gasteiger partial charge in [-0.3, -0.25) is 4.79 Å². The predicted octanol–water partition coefficient (Wildman–Crippen LogP) is 5.56. The molecule has 0 saturated carbocycles. The van der Waals surface area contributed by atoms with Crippen LogP contribution in [0.2, 0.25) is 5.04 Å². The molecule has 0 heterocycles. The SMILES string of the molecule is CC(C)(C)[Si](Oc1ccc(CNC(=O)c2ccccc2)cc1)(c1ccccc1)c1ccccc1. The largest absolute Gasteiger partial charge is 0.534 e. The van der Waals surface area contributed by atoms with E-state index >= 15 is 0 Å². The van der Waals surface area contributed by atoms with Gasteiger partial charge in [-0.25, -0.2) is 0 Å². The third kappa shape index (κ3) is 4.97. The van der Waals surface area contributed by atoms with Gasteiger partial charge in [-0.1, -0.05) is 112 Å². The normalized spacial score (nSPS) is 11.6. The molecule has 0 unspecified atom stereocenters. The molecule has 4 rings (SSSR count). The van der Waals surface area contributed by atoms with Crippen LogP contribution >= 0.6 is 0 Å². The molecule has 0 radical (unpaired) electrons. The van der Waals surface area contributed by atoms with Crippen molar-refractivity contribution in [2.24, 2.45) is 0 Å². The Morgan fingerprint density at radius 2 is 1.18 bits per heavy atom. The van der Waals surface area contributed by atoms with Crippen molar-refractivity contribution < 1.29 is 9.22 Å². The molecule has 0 aliphatic rings. The minimum atomic E-state index is -2.66. The molecule has 0 aliphatic heterocycles. The van der Waals surface area contributed by atoms with Gasteiger partial charge in [-0.15, -0.1) is 0 Å². The number of nitrogens with one attached hydrogen (secondary N) is 1. The molecule has 4 heteroatoms. The van der Waals surface area contributed by atoms with Gasteiger partial charge in [0.25, 0.3) is 5.91 Å². The lowest BCUT2D eigenvalue weighted by Gasteiger charge is -2.43. The number of rotatable bonds is 7. The average molecular weight is 466 g/mol. The first-order valence-corrected chi connectivity index (χ1v) is 13.5. The fourth-order valence-corrected chi connectivity index (χ4v) is 8.80. The van der Waals surface area contributed by atoms with Crippen LogP contribution in [0.3, 0.4) is 0 Å². The van der Waals surface area contributed by atoms with Crippen LogP contribution in [0.5, 0.6) is 5.75 Å². The minimum Gasteiger partial charge on any atom is -0.534 e. The van der Waals surface area contributed by atoms with Crippen molar-refractivity contribution in [1.29, 1.82) is 0 Å². The number of carbonyl (C=O) groups is 1. The van der Waals surface area contributed by atoms with E-state index in [9.17, 15) is 4.79 Å². The second kappa shape index (κ2) is 10.1. The van der Waals surface area contributed by atoms with E-state index in [4.69, 9.17) is 4.43 Å². The minimum absolute atomic E-state index is 0.0757. The monoisotopic (exact) mass is 465 g/mol. The summed E-state index contributed by atoms with van der Waals surface area (Å²) in [6, 6.07) is 38.6. The van der Waals surface area contributed by atoms with E-state index in [0.717, 1.165) is 11.3 Å². The summed E-state index contributed by atoms with van der Waals surface area (Å²) in [6.45, 7) is 7.28. The molecule has 0 saturated heterocycles. The summed E-state index contributed by atoms with van der Waals surface area (Å²) in [5.74, 6) is 0.765. The summed E-state index contributed by atoms with van der Waals surface area (Å²) in [5, 5.41) is 5.38. The van der Waals surface area contributed by atoms with E-state index in [1.165, 1.54) is 10.4 Å². The van der Waals surface area contributed by atoms with Crippen LogP contribution in [0.25, 0.3) is 0 Å². The van der Waals surface area contributed by atoms with Crippen molar-refractivity contribution in [2.45, 2.75) is 32.4 Å². The van der Waals surface area contributed by atoms with E-state index in [1.54, 1.807) is 0 Å². The van der Waals surface area contributed by atoms with Crippen molar-refractivity contribution in [3.63, 3.8) is 0 Å². The van der Waals surface area contributed by atoms with Gasteiger partial charge in [-0.05, 0) is 45.2 Å². The highest BCUT2D eigenvalue weighted by Gasteiger charge is 2.52. The summed E-state index contributed by atoms with van der Waals surface area (Å²) in [6.07, 6.45) is 0. The molecule has 0 fully saturated rings. The Balaban J connectivity index is 1.60. The van der Waals surface area contributed by atoms with E-state index < -0.39 is 8.32 Å². The quantitative estimate of drug-likeness (QED) is 0.363. The summed E-state index contributed by atoms with van der Waals surface area (Å²) < 4.78 is 7.04. The van der Waals surface area contributed by atoms with Gasteiger partial charge in [-0.2, -0.15) is 0 Å². The number of hydrogen-bond donors (Lipinski definition) is 1. The zero-order chi connectivity index (χ0) is 24.0. The molecule has 0 aromatic heterocycles. The lowest BCUT2D eigenvalue weighted by atomic mass is 10.2. The zero-order valence-electron chi connectivity index (χ0n) is 20.0. The van der Waals surface area contributed by atoms with Gasteiger partial charge in [0.05, 0.1) is 0 Å². The maximum absolute atomic E-state index is 12.4. The van der Waals surface area contributed by atoms with Crippen LogP contribution in [-0.2, 0) is 6.54 Å². The smallest absolute Gasteiger partial charge is 0.319 e. The lowest BCUT2D eigenvalue weighted by Crippen LogP contribution is -2.68. The summed E-state index contributed by atoms with van der Waals surface area (Å²) >= 11 is 0. The summed E-state index contributed by atoms with van der Waals surface area (Å²) in [7, 11) is -2.66. The molecule has 3 nitrogen and oxygen atoms in total. The van der Waals surface area contributed by atoms with Crippen LogP contribution in [0.4, 0.5) is 0 Å². The van der Waals surface area contributed by atoms with Crippen LogP contribution in [0, 0.1) is 0 Å². The standard InChI is InChI=1S/C30H31NO2Si/c1-30(2,3)34(27-15-9-5-10-16-27,28-17-11-6-12-18-28)33-26-21-19-24(20-22-26)23-31-29(32)25-13-7-4-8-14-25/h4-22H,23H2,1-3H3,(H,31,32). The van der Waals surface area contributed by atoms with E-state index in [2.05, 4.69) is 86.8 Å². The Morgan fingerprint density at radius 3 is 1.65 bits per heavy atom. The van der Waals surface area contributed by atoms with Crippen molar-refractivity contribution in [3.8, 4) is 5.75 Å². The van der Waals surface area contributed by atoms with Crippen molar-refractivity contribution in [3.05, 3.63) is 126 Å². The average Bonchev–Trinajstić information content (AvgIpc) is 2.87. The second-order valence-corrected chi connectivity index (χ2v) is 13.7. The van der Waals surface area contributed by atoms with Crippen LogP contribution < -0.4 is 20.1 Å². The van der Waals surface area contributed by atoms with Gasteiger partial charge in [0.15, 0.2) is 0 Å². The van der Waals surface area contributed by atoms with Gasteiger partial charge < -0.3 is 9.74 Å². The van der Waals surface area contributed by atoms with Crippen LogP contribution in [-0.4, -0.2) is 14.2 Å². The Labute approximate surface area is 203 Å². The van der Waals surface area contributed by atoms with E-state index in [1.807, 2.05) is 54.6 Å². The van der Waals surface area contributed by atoms with E-state index in [0.29, 0.717) is 12.1 Å². The molecule has 1 N–H and O–H groups in total. The molecular weight excluding hydrogens is 434 g/mol. The number of hydrogen-bond acceptors (Lipinski definition) is 2. The topological polar surface area (TPSA) is 38.3 Å². The third-order valence-corrected chi connectivity index (χ3v) is 11.0. The molecule has 1 amide bonds. The van der Waals surface area contributed by atoms with Gasteiger partial charge in [0, 0.05) is 12.1 Å². The summed E-state index contributed by atoms with van der Waals surface area (Å²) in [4.78, 5) is 12.4. The fraction of sp³-hybridized carbons (Fsp3) is 0.167. The maximum atomic E-state index is 12.4. The van der Waals surface area contributed by atoms with Crippen molar-refractivity contribution in [1.82, 2.24) is 5.32 Å². The Morgan fingerprint density at radius 1 is 0.706 bits per heavy atom. The molecule has 34 heavy (non-hydrogen) atoms. The Bertz CT molecular complexity index is 1160. The maximum Gasteiger partial charge on any atom is 0.319 e. The van der Waals surface area contributed by atoms with Crippen LogP contribution in [0.1, 0.15) is 36.7 Å². The number of benzene rings is 4. The molecule has 0 atom stereocenters. The Hall–Kier alpha value is -3.63.